The van der Waals surface area contributed by atoms with Crippen LogP contribution in [0, 0.1) is 5.92 Å². The van der Waals surface area contributed by atoms with Gasteiger partial charge < -0.3 is 16.4 Å². The second kappa shape index (κ2) is 4.65. The van der Waals surface area contributed by atoms with E-state index in [0.29, 0.717) is 16.2 Å². The van der Waals surface area contributed by atoms with Crippen LogP contribution in [0.1, 0.15) is 11.4 Å². The molecule has 1 atom stereocenters. The Balaban J connectivity index is 1.61. The summed E-state index contributed by atoms with van der Waals surface area (Å²) in [6.45, 7) is 1.96. The zero-order valence-electron chi connectivity index (χ0n) is 9.61. The van der Waals surface area contributed by atoms with Crippen LogP contribution in [0.3, 0.4) is 0 Å². The third-order valence-electron chi connectivity index (χ3n) is 2.93. The Kier molecular flexibility index (Phi) is 3.00. The highest BCUT2D eigenvalue weighted by molar-refractivity contribution is 7.18. The predicted octanol–water partition coefficient (Wildman–Crippen LogP) is 0.623. The quantitative estimate of drug-likeness (QED) is 0.850. The van der Waals surface area contributed by atoms with E-state index in [1.807, 2.05) is 0 Å². The average Bonchev–Trinajstić information content (AvgIpc) is 3.01. The van der Waals surface area contributed by atoms with Crippen LogP contribution in [-0.2, 0) is 6.42 Å². The summed E-state index contributed by atoms with van der Waals surface area (Å²) in [6, 6.07) is 0. The fourth-order valence-electron chi connectivity index (χ4n) is 2.12. The summed E-state index contributed by atoms with van der Waals surface area (Å²) in [6.07, 6.45) is 2.05. The first-order valence-electron chi connectivity index (χ1n) is 5.62. The lowest BCUT2D eigenvalue weighted by Gasteiger charge is -2.13. The van der Waals surface area contributed by atoms with Gasteiger partial charge in [0.25, 0.3) is 0 Å². The molecule has 4 N–H and O–H groups in total. The van der Waals surface area contributed by atoms with E-state index >= 15 is 0 Å². The molecule has 0 bridgehead atoms. The molecule has 1 aliphatic rings. The van der Waals surface area contributed by atoms with Gasteiger partial charge in [0, 0.05) is 19.5 Å². The molecule has 7 nitrogen and oxygen atoms in total. The minimum atomic E-state index is 0.519. The molecule has 1 fully saturated rings. The second-order valence-corrected chi connectivity index (χ2v) is 6.34. The van der Waals surface area contributed by atoms with Crippen molar-refractivity contribution in [3.8, 4) is 0 Å². The van der Waals surface area contributed by atoms with Gasteiger partial charge in [-0.1, -0.05) is 22.7 Å². The Morgan fingerprint density at radius 1 is 1.11 bits per heavy atom. The number of nitrogens with two attached hydrogens (primary N) is 2. The van der Waals surface area contributed by atoms with Crippen LogP contribution in [0.4, 0.5) is 15.4 Å². The summed E-state index contributed by atoms with van der Waals surface area (Å²) in [4.78, 5) is 2.23. The van der Waals surface area contributed by atoms with Gasteiger partial charge in [-0.2, -0.15) is 0 Å². The van der Waals surface area contributed by atoms with Crippen molar-refractivity contribution >= 4 is 38.1 Å². The first kappa shape index (κ1) is 11.6. The Morgan fingerprint density at radius 3 is 2.56 bits per heavy atom. The molecule has 18 heavy (non-hydrogen) atoms. The smallest absolute Gasteiger partial charge is 0.209 e. The van der Waals surface area contributed by atoms with Crippen molar-refractivity contribution in [1.29, 1.82) is 0 Å². The SMILES string of the molecule is Nc1nnc(C[C@H]2CCN(c3nnc(N)s3)C2)s1. The lowest BCUT2D eigenvalue weighted by Crippen LogP contribution is -2.20. The zero-order valence-corrected chi connectivity index (χ0v) is 11.2. The van der Waals surface area contributed by atoms with Crippen LogP contribution in [0.15, 0.2) is 0 Å². The van der Waals surface area contributed by atoms with Crippen LogP contribution in [0.5, 0.6) is 0 Å². The Morgan fingerprint density at radius 2 is 1.89 bits per heavy atom. The number of aromatic nitrogens is 4. The van der Waals surface area contributed by atoms with E-state index in [2.05, 4.69) is 25.3 Å². The van der Waals surface area contributed by atoms with E-state index in [-0.39, 0.29) is 0 Å². The van der Waals surface area contributed by atoms with E-state index in [1.54, 1.807) is 0 Å². The maximum Gasteiger partial charge on any atom is 0.209 e. The van der Waals surface area contributed by atoms with Crippen molar-refractivity contribution < 1.29 is 0 Å². The van der Waals surface area contributed by atoms with Gasteiger partial charge in [0.05, 0.1) is 0 Å². The van der Waals surface area contributed by atoms with Crippen LogP contribution in [0.2, 0.25) is 0 Å². The summed E-state index contributed by atoms with van der Waals surface area (Å²) in [7, 11) is 0. The predicted molar refractivity (Wildman–Crippen MR) is 72.7 cm³/mol. The second-order valence-electron chi connectivity index (χ2n) is 4.26. The average molecular weight is 283 g/mol. The molecule has 0 radical (unpaired) electrons. The zero-order chi connectivity index (χ0) is 12.5. The molecule has 9 heteroatoms. The molecule has 0 spiro atoms. The van der Waals surface area contributed by atoms with E-state index < -0.39 is 0 Å². The largest absolute Gasteiger partial charge is 0.374 e. The third kappa shape index (κ3) is 2.36. The number of hydrogen-bond acceptors (Lipinski definition) is 9. The molecule has 0 unspecified atom stereocenters. The van der Waals surface area contributed by atoms with E-state index in [0.717, 1.165) is 36.1 Å². The van der Waals surface area contributed by atoms with Crippen molar-refractivity contribution in [3.63, 3.8) is 0 Å². The van der Waals surface area contributed by atoms with Gasteiger partial charge in [-0.15, -0.1) is 20.4 Å². The highest BCUT2D eigenvalue weighted by Crippen LogP contribution is 2.29. The molecule has 0 saturated carbocycles. The van der Waals surface area contributed by atoms with Crippen molar-refractivity contribution in [3.05, 3.63) is 5.01 Å². The fourth-order valence-corrected chi connectivity index (χ4v) is 3.49. The minimum Gasteiger partial charge on any atom is -0.374 e. The van der Waals surface area contributed by atoms with Crippen LogP contribution in [0.25, 0.3) is 0 Å². The number of anilines is 3. The summed E-state index contributed by atoms with van der Waals surface area (Å²) in [5.41, 5.74) is 11.2. The molecule has 0 aromatic carbocycles. The maximum atomic E-state index is 5.59. The summed E-state index contributed by atoms with van der Waals surface area (Å²) in [5, 5.41) is 18.8. The Hall–Kier alpha value is -1.48. The highest BCUT2D eigenvalue weighted by atomic mass is 32.1. The van der Waals surface area contributed by atoms with Crippen LogP contribution >= 0.6 is 22.7 Å². The highest BCUT2D eigenvalue weighted by Gasteiger charge is 2.26. The summed E-state index contributed by atoms with van der Waals surface area (Å²) < 4.78 is 0. The molecule has 0 amide bonds. The lowest BCUT2D eigenvalue weighted by molar-refractivity contribution is 0.581. The molecule has 2 aromatic rings. The number of hydrogen-bond donors (Lipinski definition) is 2. The maximum absolute atomic E-state index is 5.59. The molecule has 0 aliphatic carbocycles. The molecular weight excluding hydrogens is 270 g/mol. The van der Waals surface area contributed by atoms with Crippen molar-refractivity contribution in [1.82, 2.24) is 20.4 Å². The topological polar surface area (TPSA) is 107 Å². The third-order valence-corrected chi connectivity index (χ3v) is 4.52. The lowest BCUT2D eigenvalue weighted by atomic mass is 10.1. The van der Waals surface area contributed by atoms with Crippen LogP contribution < -0.4 is 16.4 Å². The summed E-state index contributed by atoms with van der Waals surface area (Å²) >= 11 is 2.90. The Bertz CT molecular complexity index is 537. The number of nitrogens with zero attached hydrogens (tertiary/aromatic N) is 5. The van der Waals surface area contributed by atoms with E-state index in [1.165, 1.54) is 22.7 Å². The number of nitrogen functional groups attached to an aromatic ring is 2. The first-order chi connectivity index (χ1) is 8.70. The minimum absolute atomic E-state index is 0.519. The normalized spacial score (nSPS) is 19.6. The monoisotopic (exact) mass is 283 g/mol. The van der Waals surface area contributed by atoms with Gasteiger partial charge >= 0.3 is 0 Å². The first-order valence-corrected chi connectivity index (χ1v) is 7.26. The molecule has 3 rings (SSSR count). The Labute approximate surface area is 112 Å². The molecule has 1 saturated heterocycles. The molecule has 2 aromatic heterocycles. The number of rotatable bonds is 3. The van der Waals surface area contributed by atoms with Gasteiger partial charge in [-0.3, -0.25) is 0 Å². The molecular formula is C9H13N7S2. The van der Waals surface area contributed by atoms with Gasteiger partial charge in [0.1, 0.15) is 5.01 Å². The van der Waals surface area contributed by atoms with Crippen LogP contribution in [-0.4, -0.2) is 33.5 Å². The molecule has 1 aliphatic heterocycles. The van der Waals surface area contributed by atoms with Crippen molar-refractivity contribution in [2.45, 2.75) is 12.8 Å². The van der Waals surface area contributed by atoms with Crippen molar-refractivity contribution in [2.24, 2.45) is 5.92 Å². The van der Waals surface area contributed by atoms with Gasteiger partial charge in [0.15, 0.2) is 0 Å². The van der Waals surface area contributed by atoms with E-state index in [9.17, 15) is 0 Å². The van der Waals surface area contributed by atoms with Gasteiger partial charge in [0.2, 0.25) is 15.4 Å². The van der Waals surface area contributed by atoms with Gasteiger partial charge in [-0.05, 0) is 12.3 Å². The fraction of sp³-hybridized carbons (Fsp3) is 0.556. The standard InChI is InChI=1S/C9H13N7S2/c10-7-13-12-6(17-7)3-5-1-2-16(4-5)9-15-14-8(11)18-9/h5H,1-4H2,(H2,10,13)(H2,11,14)/t5-/m1/s1. The summed E-state index contributed by atoms with van der Waals surface area (Å²) in [5.74, 6) is 0.572. The van der Waals surface area contributed by atoms with Crippen molar-refractivity contribution in [2.75, 3.05) is 29.5 Å². The van der Waals surface area contributed by atoms with E-state index in [4.69, 9.17) is 11.5 Å². The molecule has 96 valence electrons. The van der Waals surface area contributed by atoms with Gasteiger partial charge in [-0.25, -0.2) is 0 Å². The molecule has 3 heterocycles.